The maximum Gasteiger partial charge on any atom is 0.0995 e. The molecule has 0 spiro atoms. The largest absolute Gasteiger partial charge is 0.310 e. The minimum Gasteiger partial charge on any atom is -0.310 e. The number of anilines is 2. The molecule has 0 radical (unpaired) electrons. The fourth-order valence-corrected chi connectivity index (χ4v) is 10.3. The number of allylic oxidation sites excluding steroid dienone is 6. The van der Waals surface area contributed by atoms with E-state index in [0.29, 0.717) is 17.6 Å². The van der Waals surface area contributed by atoms with Crippen molar-refractivity contribution in [2.24, 2.45) is 0 Å². The van der Waals surface area contributed by atoms with Crippen LogP contribution in [-0.4, -0.2) is 0 Å². The molecule has 0 bridgehead atoms. The third-order valence-electron chi connectivity index (χ3n) is 12.6. The van der Waals surface area contributed by atoms with Crippen LogP contribution in [0.4, 0.5) is 11.4 Å². The van der Waals surface area contributed by atoms with Crippen molar-refractivity contribution < 1.29 is 0 Å². The molecule has 4 aliphatic rings. The van der Waals surface area contributed by atoms with Gasteiger partial charge in [0.15, 0.2) is 0 Å². The quantitative estimate of drug-likeness (QED) is 0.177. The Labute approximate surface area is 338 Å². The van der Waals surface area contributed by atoms with Crippen molar-refractivity contribution in [2.45, 2.75) is 17.8 Å². The molecule has 0 aliphatic heterocycles. The second kappa shape index (κ2) is 13.2. The van der Waals surface area contributed by atoms with Crippen molar-refractivity contribution in [2.75, 3.05) is 4.90 Å². The molecule has 4 aliphatic carbocycles. The van der Waals surface area contributed by atoms with Crippen molar-refractivity contribution in [3.8, 4) is 34.4 Å². The van der Waals surface area contributed by atoms with E-state index in [4.69, 9.17) is 0 Å². The van der Waals surface area contributed by atoms with Crippen molar-refractivity contribution in [3.63, 3.8) is 0 Å². The van der Waals surface area contributed by atoms with Crippen LogP contribution < -0.4 is 4.90 Å². The molecular weight excluding hydrogens is 703 g/mol. The van der Waals surface area contributed by atoms with Gasteiger partial charge in [0.05, 0.1) is 34.4 Å². The van der Waals surface area contributed by atoms with Gasteiger partial charge in [-0.2, -0.15) is 10.5 Å². The maximum atomic E-state index is 11.2. The number of hydrogen-bond donors (Lipinski definition) is 0. The first-order chi connectivity index (χ1) is 28.7. The lowest BCUT2D eigenvalue weighted by atomic mass is 9.59. The molecule has 3 heteroatoms. The zero-order valence-corrected chi connectivity index (χ0v) is 31.6. The Balaban J connectivity index is 1.25. The van der Waals surface area contributed by atoms with E-state index in [1.807, 2.05) is 12.1 Å². The summed E-state index contributed by atoms with van der Waals surface area (Å²) in [5, 5.41) is 22.1. The van der Waals surface area contributed by atoms with Gasteiger partial charge in [-0.05, 0) is 115 Å². The minimum absolute atomic E-state index is 0.248. The van der Waals surface area contributed by atoms with Crippen LogP contribution in [0.25, 0.3) is 28.3 Å². The average molecular weight is 738 g/mol. The zero-order valence-electron chi connectivity index (χ0n) is 31.6. The maximum absolute atomic E-state index is 11.2. The van der Waals surface area contributed by atoms with E-state index in [-0.39, 0.29) is 5.92 Å². The van der Waals surface area contributed by atoms with Gasteiger partial charge in [-0.3, -0.25) is 0 Å². The fourth-order valence-electron chi connectivity index (χ4n) is 10.3. The van der Waals surface area contributed by atoms with Gasteiger partial charge in [0.1, 0.15) is 0 Å². The normalized spacial score (nSPS) is 16.2. The summed E-state index contributed by atoms with van der Waals surface area (Å²) < 4.78 is 0. The van der Waals surface area contributed by atoms with Crippen molar-refractivity contribution in [3.05, 3.63) is 255 Å². The molecule has 0 saturated carbocycles. The van der Waals surface area contributed by atoms with E-state index in [1.165, 1.54) is 33.4 Å². The molecule has 11 rings (SSSR count). The second-order valence-electron chi connectivity index (χ2n) is 15.3. The van der Waals surface area contributed by atoms with Crippen LogP contribution >= 0.6 is 0 Å². The zero-order chi connectivity index (χ0) is 38.8. The highest BCUT2D eigenvalue weighted by Gasteiger charge is 2.48. The van der Waals surface area contributed by atoms with E-state index in [2.05, 4.69) is 199 Å². The molecule has 0 aromatic heterocycles. The molecule has 0 N–H and O–H groups in total. The lowest BCUT2D eigenvalue weighted by Gasteiger charge is -2.44. The molecule has 0 saturated heterocycles. The highest BCUT2D eigenvalue weighted by atomic mass is 15.2. The van der Waals surface area contributed by atoms with Crippen LogP contribution in [0.15, 0.2) is 211 Å². The van der Waals surface area contributed by atoms with Crippen LogP contribution in [0.5, 0.6) is 0 Å². The summed E-state index contributed by atoms with van der Waals surface area (Å²) in [6.07, 6.45) is 9.38. The Kier molecular flexibility index (Phi) is 7.65. The molecule has 0 fully saturated rings. The summed E-state index contributed by atoms with van der Waals surface area (Å²) >= 11 is 0. The van der Waals surface area contributed by atoms with Gasteiger partial charge >= 0.3 is 0 Å². The van der Waals surface area contributed by atoms with Crippen molar-refractivity contribution >= 4 is 17.5 Å². The van der Waals surface area contributed by atoms with Crippen LogP contribution in [-0.2, 0) is 11.8 Å². The molecule has 1 unspecified atom stereocenters. The van der Waals surface area contributed by atoms with Gasteiger partial charge in [-0.15, -0.1) is 0 Å². The summed E-state index contributed by atoms with van der Waals surface area (Å²) in [7, 11) is 0. The number of rotatable bonds is 5. The second-order valence-corrected chi connectivity index (χ2v) is 15.3. The molecule has 0 heterocycles. The summed E-state index contributed by atoms with van der Waals surface area (Å²) in [5.74, 6) is -0.248. The number of fused-ring (bicyclic) bond motifs is 5. The van der Waals surface area contributed by atoms with Crippen molar-refractivity contribution in [1.29, 1.82) is 10.5 Å². The number of para-hydroxylation sites is 2. The molecule has 0 amide bonds. The van der Waals surface area contributed by atoms with Crippen LogP contribution in [0.1, 0.15) is 50.4 Å². The minimum atomic E-state index is -0.818. The average Bonchev–Trinajstić information content (AvgIpc) is 3.41. The monoisotopic (exact) mass is 737 g/mol. The summed E-state index contributed by atoms with van der Waals surface area (Å²) in [5.41, 5.74) is 18.1. The Morgan fingerprint density at radius 2 is 1.09 bits per heavy atom. The number of nitrogens with zero attached hydrogens (tertiary/aromatic N) is 3. The van der Waals surface area contributed by atoms with Gasteiger partial charge < -0.3 is 4.90 Å². The predicted molar refractivity (Wildman–Crippen MR) is 233 cm³/mol. The molecule has 3 nitrogen and oxygen atoms in total. The standard InChI is InChI=1S/C55H35N3/c56-34-36-32-51(55(38-16-4-1-5-17-38)49-26-14-12-24-45(49)43-22-10-11-23-44(43)46-25-13-15-27-50(46)55)47-30-28-42-37(35-57)33-52(48-31-29-41(36)53(47)54(42)48)58(39-18-6-2-7-19-39)40-20-8-3-9-21-40/h1-28,30-33,54H,29H2. The van der Waals surface area contributed by atoms with Crippen LogP contribution in [0.3, 0.4) is 0 Å². The molecule has 7 aromatic carbocycles. The number of nitriles is 2. The Morgan fingerprint density at radius 3 is 1.66 bits per heavy atom. The first-order valence-corrected chi connectivity index (χ1v) is 19.8. The van der Waals surface area contributed by atoms with E-state index in [9.17, 15) is 10.5 Å². The third kappa shape index (κ3) is 4.72. The summed E-state index contributed by atoms with van der Waals surface area (Å²) in [6.45, 7) is 0. The van der Waals surface area contributed by atoms with Gasteiger partial charge in [-0.25, -0.2) is 0 Å². The molecule has 58 heavy (non-hydrogen) atoms. The first kappa shape index (κ1) is 33.6. The SMILES string of the molecule is N#CC1=C2C=Cc3c(C4(c5ccccc5)c5ccccc5-c5ccccc5-c5ccccc54)cc(C#N)c4c3C2C(=CC4)C(N(c2ccccc2)c2ccccc2)=C1. The Bertz CT molecular complexity index is 2940. The van der Waals surface area contributed by atoms with E-state index >= 15 is 0 Å². The fraction of sp³-hybridized carbons (Fsp3) is 0.0545. The Hall–Kier alpha value is -7.72. The lowest BCUT2D eigenvalue weighted by molar-refractivity contribution is 0.739. The number of hydrogen-bond acceptors (Lipinski definition) is 3. The van der Waals surface area contributed by atoms with Crippen LogP contribution in [0, 0.1) is 22.7 Å². The molecule has 1 atom stereocenters. The molecule has 270 valence electrons. The molecular formula is C55H35N3. The smallest absolute Gasteiger partial charge is 0.0995 e. The number of benzene rings is 7. The third-order valence-corrected chi connectivity index (χ3v) is 12.6. The van der Waals surface area contributed by atoms with E-state index in [1.54, 1.807) is 0 Å². The topological polar surface area (TPSA) is 50.8 Å². The molecule has 7 aromatic rings. The van der Waals surface area contributed by atoms with Crippen molar-refractivity contribution in [1.82, 2.24) is 0 Å². The summed E-state index contributed by atoms with van der Waals surface area (Å²) in [6, 6.07) is 65.5. The first-order valence-electron chi connectivity index (χ1n) is 19.8. The highest BCUT2D eigenvalue weighted by Crippen LogP contribution is 2.59. The summed E-state index contributed by atoms with van der Waals surface area (Å²) in [4.78, 5) is 2.28. The van der Waals surface area contributed by atoms with Gasteiger partial charge in [0, 0.05) is 17.3 Å². The predicted octanol–water partition coefficient (Wildman–Crippen LogP) is 12.7. The van der Waals surface area contributed by atoms with Gasteiger partial charge in [0.25, 0.3) is 0 Å². The van der Waals surface area contributed by atoms with Crippen LogP contribution in [0.2, 0.25) is 0 Å². The van der Waals surface area contributed by atoms with E-state index in [0.717, 1.165) is 56.0 Å². The van der Waals surface area contributed by atoms with Gasteiger partial charge in [-0.1, -0.05) is 158 Å². The van der Waals surface area contributed by atoms with Gasteiger partial charge in [0.2, 0.25) is 0 Å². The lowest BCUT2D eigenvalue weighted by Crippen LogP contribution is -2.35. The van der Waals surface area contributed by atoms with E-state index < -0.39 is 5.41 Å². The highest BCUT2D eigenvalue weighted by molar-refractivity contribution is 5.94. The Morgan fingerprint density at radius 1 is 0.552 bits per heavy atom.